The zero-order valence-corrected chi connectivity index (χ0v) is 11.7. The average molecular weight is 309 g/mol. The molecule has 0 saturated carbocycles. The topological polar surface area (TPSA) is 9.23 Å². The van der Waals surface area contributed by atoms with Crippen molar-refractivity contribution in [1.82, 2.24) is 0 Å². The van der Waals surface area contributed by atoms with Crippen molar-refractivity contribution in [2.75, 3.05) is 0 Å². The van der Waals surface area contributed by atoms with Crippen LogP contribution in [0, 0.1) is 5.82 Å². The van der Waals surface area contributed by atoms with Gasteiger partial charge in [-0.25, -0.2) is 4.39 Å². The quantitative estimate of drug-likeness (QED) is 0.716. The van der Waals surface area contributed by atoms with Crippen molar-refractivity contribution in [2.24, 2.45) is 0 Å². The van der Waals surface area contributed by atoms with E-state index < -0.39 is 0 Å². The number of hydrogen-bond acceptors (Lipinski definition) is 1. The van der Waals surface area contributed by atoms with Gasteiger partial charge in [-0.05, 0) is 42.3 Å². The summed E-state index contributed by atoms with van der Waals surface area (Å²) in [6, 6.07) is 12.5. The lowest BCUT2D eigenvalue weighted by atomic mass is 10.2. The number of hydrogen-bond donors (Lipinski definition) is 0. The average Bonchev–Trinajstić information content (AvgIpc) is 2.41. The molecule has 0 aliphatic rings. The molecule has 0 amide bonds. The van der Waals surface area contributed by atoms with Crippen molar-refractivity contribution < 1.29 is 9.13 Å². The zero-order valence-electron chi connectivity index (χ0n) is 10.1. The molecule has 0 aliphatic heterocycles. The van der Waals surface area contributed by atoms with Crippen LogP contribution in [0.4, 0.5) is 4.39 Å². The van der Waals surface area contributed by atoms with Gasteiger partial charge in [0.1, 0.15) is 17.3 Å². The Hall–Kier alpha value is -1.35. The molecule has 0 aliphatic carbocycles. The molecule has 1 nitrogen and oxygen atoms in total. The highest BCUT2D eigenvalue weighted by Crippen LogP contribution is 2.27. The first-order chi connectivity index (χ1) is 8.72. The van der Waals surface area contributed by atoms with E-state index >= 15 is 0 Å². The lowest BCUT2D eigenvalue weighted by molar-refractivity contribution is 0.476. The van der Waals surface area contributed by atoms with Gasteiger partial charge in [-0.2, -0.15) is 0 Å². The third-order valence-corrected chi connectivity index (χ3v) is 3.33. The largest absolute Gasteiger partial charge is 0.457 e. The Labute approximate surface area is 115 Å². The van der Waals surface area contributed by atoms with Gasteiger partial charge >= 0.3 is 0 Å². The van der Waals surface area contributed by atoms with E-state index in [-0.39, 0.29) is 5.82 Å². The number of aryl methyl sites for hydroxylation is 1. The van der Waals surface area contributed by atoms with Crippen LogP contribution in [0.3, 0.4) is 0 Å². The van der Waals surface area contributed by atoms with Crippen LogP contribution >= 0.6 is 15.9 Å². The Morgan fingerprint density at radius 1 is 1.11 bits per heavy atom. The number of rotatable bonds is 4. The second-order valence-electron chi connectivity index (χ2n) is 3.99. The summed E-state index contributed by atoms with van der Waals surface area (Å²) in [5.74, 6) is 1.19. The van der Waals surface area contributed by atoms with Gasteiger partial charge in [0.25, 0.3) is 0 Å². The second-order valence-corrected chi connectivity index (χ2v) is 4.55. The summed E-state index contributed by atoms with van der Waals surface area (Å²) < 4.78 is 18.9. The zero-order chi connectivity index (χ0) is 13.0. The molecular weight excluding hydrogens is 295 g/mol. The highest BCUT2D eigenvalue weighted by molar-refractivity contribution is 9.08. The van der Waals surface area contributed by atoms with Crippen LogP contribution in [-0.4, -0.2) is 0 Å². The van der Waals surface area contributed by atoms with Crippen molar-refractivity contribution >= 4 is 15.9 Å². The molecule has 0 spiro atoms. The highest BCUT2D eigenvalue weighted by Gasteiger charge is 2.05. The first kappa shape index (κ1) is 13.1. The lowest BCUT2D eigenvalue weighted by Gasteiger charge is -2.10. The van der Waals surface area contributed by atoms with E-state index in [1.54, 1.807) is 6.07 Å². The molecule has 0 saturated heterocycles. The van der Waals surface area contributed by atoms with Crippen LogP contribution < -0.4 is 4.74 Å². The van der Waals surface area contributed by atoms with Gasteiger partial charge in [-0.15, -0.1) is 0 Å². The molecule has 18 heavy (non-hydrogen) atoms. The van der Waals surface area contributed by atoms with Gasteiger partial charge in [0.05, 0.1) is 0 Å². The lowest BCUT2D eigenvalue weighted by Crippen LogP contribution is -1.91. The summed E-state index contributed by atoms with van der Waals surface area (Å²) >= 11 is 3.33. The standard InChI is InChI=1S/C15H14BrFO/c1-2-11-3-6-14(7-4-11)18-15-8-5-13(17)9-12(15)10-16/h3-9H,2,10H2,1H3. The molecule has 0 unspecified atom stereocenters. The summed E-state index contributed by atoms with van der Waals surface area (Å²) in [6.45, 7) is 2.11. The fraction of sp³-hybridized carbons (Fsp3) is 0.200. The van der Waals surface area contributed by atoms with Crippen LogP contribution in [0.25, 0.3) is 0 Å². The Bertz CT molecular complexity index is 523. The minimum absolute atomic E-state index is 0.252. The molecule has 94 valence electrons. The van der Waals surface area contributed by atoms with E-state index in [9.17, 15) is 4.39 Å². The van der Waals surface area contributed by atoms with Crippen molar-refractivity contribution in [2.45, 2.75) is 18.7 Å². The summed E-state index contributed by atoms with van der Waals surface area (Å²) in [5, 5.41) is 0.563. The molecule has 0 atom stereocenters. The maximum atomic E-state index is 13.1. The Morgan fingerprint density at radius 2 is 1.83 bits per heavy atom. The molecule has 2 aromatic carbocycles. The van der Waals surface area contributed by atoms with E-state index in [0.717, 1.165) is 17.7 Å². The summed E-state index contributed by atoms with van der Waals surface area (Å²) in [4.78, 5) is 0. The first-order valence-corrected chi connectivity index (χ1v) is 6.96. The van der Waals surface area contributed by atoms with Crippen molar-refractivity contribution in [1.29, 1.82) is 0 Å². The van der Waals surface area contributed by atoms with Gasteiger partial charge in [-0.1, -0.05) is 35.0 Å². The summed E-state index contributed by atoms with van der Waals surface area (Å²) in [7, 11) is 0. The predicted octanol–water partition coefficient (Wildman–Crippen LogP) is 5.08. The van der Waals surface area contributed by atoms with Crippen LogP contribution in [0.1, 0.15) is 18.1 Å². The van der Waals surface area contributed by atoms with Crippen molar-refractivity contribution in [3.63, 3.8) is 0 Å². The Morgan fingerprint density at radius 3 is 2.44 bits per heavy atom. The minimum atomic E-state index is -0.252. The molecule has 2 rings (SSSR count). The maximum Gasteiger partial charge on any atom is 0.131 e. The Balaban J connectivity index is 2.22. The Kier molecular flexibility index (Phi) is 4.37. The van der Waals surface area contributed by atoms with Gasteiger partial charge in [0.2, 0.25) is 0 Å². The molecule has 3 heteroatoms. The number of halogens is 2. The molecule has 0 heterocycles. The third kappa shape index (κ3) is 3.10. The van der Waals surface area contributed by atoms with E-state index in [2.05, 4.69) is 22.9 Å². The van der Waals surface area contributed by atoms with Crippen LogP contribution in [-0.2, 0) is 11.8 Å². The molecular formula is C15H14BrFO. The molecule has 0 N–H and O–H groups in total. The van der Waals surface area contributed by atoms with Gasteiger partial charge < -0.3 is 4.74 Å². The SMILES string of the molecule is CCc1ccc(Oc2ccc(F)cc2CBr)cc1. The number of benzene rings is 2. The van der Waals surface area contributed by atoms with Crippen molar-refractivity contribution in [3.05, 3.63) is 59.4 Å². The van der Waals surface area contributed by atoms with Crippen molar-refractivity contribution in [3.8, 4) is 11.5 Å². The van der Waals surface area contributed by atoms with Crippen LogP contribution in [0.2, 0.25) is 0 Å². The third-order valence-electron chi connectivity index (χ3n) is 2.73. The maximum absolute atomic E-state index is 13.1. The van der Waals surface area contributed by atoms with E-state index in [0.29, 0.717) is 11.1 Å². The fourth-order valence-electron chi connectivity index (χ4n) is 1.67. The molecule has 2 aromatic rings. The van der Waals surface area contributed by atoms with E-state index in [4.69, 9.17) is 4.74 Å². The van der Waals surface area contributed by atoms with Gasteiger partial charge in [0, 0.05) is 10.9 Å². The fourth-order valence-corrected chi connectivity index (χ4v) is 2.11. The van der Waals surface area contributed by atoms with E-state index in [1.807, 2.05) is 24.3 Å². The summed E-state index contributed by atoms with van der Waals surface area (Å²) in [5.41, 5.74) is 2.07. The van der Waals surface area contributed by atoms with Gasteiger partial charge in [-0.3, -0.25) is 0 Å². The molecule has 0 radical (unpaired) electrons. The molecule has 0 aromatic heterocycles. The first-order valence-electron chi connectivity index (χ1n) is 5.84. The number of ether oxygens (including phenoxy) is 1. The van der Waals surface area contributed by atoms with Crippen LogP contribution in [0.5, 0.6) is 11.5 Å². The van der Waals surface area contributed by atoms with Gasteiger partial charge in [0.15, 0.2) is 0 Å². The monoisotopic (exact) mass is 308 g/mol. The second kappa shape index (κ2) is 6.01. The van der Waals surface area contributed by atoms with E-state index in [1.165, 1.54) is 17.7 Å². The minimum Gasteiger partial charge on any atom is -0.457 e. The summed E-state index contributed by atoms with van der Waals surface area (Å²) in [6.07, 6.45) is 1.00. The smallest absolute Gasteiger partial charge is 0.131 e. The predicted molar refractivity (Wildman–Crippen MR) is 74.9 cm³/mol. The highest BCUT2D eigenvalue weighted by atomic mass is 79.9. The molecule has 0 bridgehead atoms. The molecule has 0 fully saturated rings. The van der Waals surface area contributed by atoms with Crippen LogP contribution in [0.15, 0.2) is 42.5 Å². The normalized spacial score (nSPS) is 10.4. The number of alkyl halides is 1.